The molecule has 1 aromatic heterocycles. The lowest BCUT2D eigenvalue weighted by atomic mass is 10.3. The number of hydrogen-bond donors (Lipinski definition) is 0. The minimum absolute atomic E-state index is 0.0619. The highest BCUT2D eigenvalue weighted by Gasteiger charge is 2.21. The minimum Gasteiger partial charge on any atom is -0.349 e. The van der Waals surface area contributed by atoms with E-state index in [-0.39, 0.29) is 11.4 Å². The average molecular weight is 168 g/mol. The first-order valence-electron chi connectivity index (χ1n) is 3.40. The van der Waals surface area contributed by atoms with E-state index in [2.05, 4.69) is 5.16 Å². The van der Waals surface area contributed by atoms with E-state index in [9.17, 15) is 10.1 Å². The largest absolute Gasteiger partial charge is 0.349 e. The van der Waals surface area contributed by atoms with E-state index in [4.69, 9.17) is 4.52 Å². The monoisotopic (exact) mass is 168 g/mol. The van der Waals surface area contributed by atoms with Gasteiger partial charge in [0, 0.05) is 0 Å². The average Bonchev–Trinajstić information content (AvgIpc) is 2.32. The third-order valence-corrected chi connectivity index (χ3v) is 1.36. The topological polar surface area (TPSA) is 69.2 Å². The summed E-state index contributed by atoms with van der Waals surface area (Å²) in [6, 6.07) is 0. The van der Waals surface area contributed by atoms with Gasteiger partial charge in [0.1, 0.15) is 0 Å². The van der Waals surface area contributed by atoms with Gasteiger partial charge in [0.2, 0.25) is 5.76 Å². The van der Waals surface area contributed by atoms with Gasteiger partial charge in [-0.3, -0.25) is 10.1 Å². The molecule has 0 aliphatic carbocycles. The summed E-state index contributed by atoms with van der Waals surface area (Å²) in [6.07, 6.45) is 3.17. The fourth-order valence-electron chi connectivity index (χ4n) is 0.865. The lowest BCUT2D eigenvalue weighted by Gasteiger charge is -1.85. The molecule has 0 saturated heterocycles. The van der Waals surface area contributed by atoms with Crippen LogP contribution in [0, 0.1) is 17.0 Å². The molecule has 0 aliphatic rings. The van der Waals surface area contributed by atoms with Crippen molar-refractivity contribution in [3.8, 4) is 0 Å². The normalized spacial score (nSPS) is 10.8. The second-order valence-corrected chi connectivity index (χ2v) is 2.24. The Balaban J connectivity index is 3.21. The molecule has 1 heterocycles. The minimum atomic E-state index is -0.499. The molecule has 0 atom stereocenters. The van der Waals surface area contributed by atoms with Crippen LogP contribution in [0.2, 0.25) is 0 Å². The van der Waals surface area contributed by atoms with Gasteiger partial charge in [0.15, 0.2) is 5.69 Å². The van der Waals surface area contributed by atoms with E-state index in [0.29, 0.717) is 5.69 Å². The van der Waals surface area contributed by atoms with Crippen molar-refractivity contribution < 1.29 is 9.45 Å². The van der Waals surface area contributed by atoms with Gasteiger partial charge in [-0.15, -0.1) is 0 Å². The molecular weight excluding hydrogens is 160 g/mol. The van der Waals surface area contributed by atoms with Gasteiger partial charge < -0.3 is 4.52 Å². The van der Waals surface area contributed by atoms with Gasteiger partial charge in [0.05, 0.1) is 4.92 Å². The number of aromatic nitrogens is 1. The van der Waals surface area contributed by atoms with Crippen molar-refractivity contribution in [3.05, 3.63) is 27.6 Å². The Morgan fingerprint density at radius 2 is 2.33 bits per heavy atom. The van der Waals surface area contributed by atoms with Crippen molar-refractivity contribution in [3.63, 3.8) is 0 Å². The summed E-state index contributed by atoms with van der Waals surface area (Å²) in [4.78, 5) is 9.95. The number of aryl methyl sites for hydroxylation is 1. The molecule has 5 nitrogen and oxygen atoms in total. The van der Waals surface area contributed by atoms with Crippen molar-refractivity contribution in [1.29, 1.82) is 0 Å². The maximum Gasteiger partial charge on any atom is 0.338 e. The highest BCUT2D eigenvalue weighted by Crippen LogP contribution is 2.23. The Kier molecular flexibility index (Phi) is 2.23. The van der Waals surface area contributed by atoms with E-state index in [0.717, 1.165) is 0 Å². The second-order valence-electron chi connectivity index (χ2n) is 2.24. The molecule has 12 heavy (non-hydrogen) atoms. The molecule has 1 aromatic rings. The van der Waals surface area contributed by atoms with E-state index < -0.39 is 4.92 Å². The van der Waals surface area contributed by atoms with Crippen LogP contribution in [0.4, 0.5) is 5.69 Å². The van der Waals surface area contributed by atoms with Gasteiger partial charge in [-0.25, -0.2) is 0 Å². The van der Waals surface area contributed by atoms with Crippen LogP contribution in [-0.4, -0.2) is 10.1 Å². The summed E-state index contributed by atoms with van der Waals surface area (Å²) in [6.45, 7) is 3.29. The van der Waals surface area contributed by atoms with E-state index in [1.807, 2.05) is 0 Å². The summed E-state index contributed by atoms with van der Waals surface area (Å²) >= 11 is 0. The molecule has 0 radical (unpaired) electrons. The summed E-state index contributed by atoms with van der Waals surface area (Å²) in [7, 11) is 0. The third kappa shape index (κ3) is 1.34. The highest BCUT2D eigenvalue weighted by atomic mass is 16.6. The van der Waals surface area contributed by atoms with Crippen molar-refractivity contribution in [2.45, 2.75) is 13.8 Å². The predicted molar refractivity (Wildman–Crippen MR) is 42.6 cm³/mol. The van der Waals surface area contributed by atoms with Crippen LogP contribution in [0.25, 0.3) is 6.08 Å². The second kappa shape index (κ2) is 3.17. The lowest BCUT2D eigenvalue weighted by Crippen LogP contribution is -1.89. The molecule has 0 aromatic carbocycles. The molecule has 5 heteroatoms. The number of rotatable bonds is 2. The standard InChI is InChI=1S/C7H8N2O3/c1-3-4-6-7(9(10)11)5(2)8-12-6/h3-4H,1-2H3/b4-3+. The number of nitro groups is 1. The first-order valence-corrected chi connectivity index (χ1v) is 3.40. The molecule has 0 bridgehead atoms. The Hall–Kier alpha value is -1.65. The Morgan fingerprint density at radius 3 is 2.83 bits per heavy atom. The smallest absolute Gasteiger partial charge is 0.338 e. The van der Waals surface area contributed by atoms with Crippen molar-refractivity contribution in [2.75, 3.05) is 0 Å². The zero-order chi connectivity index (χ0) is 9.14. The van der Waals surface area contributed by atoms with Gasteiger partial charge in [0.25, 0.3) is 0 Å². The fourth-order valence-corrected chi connectivity index (χ4v) is 0.865. The van der Waals surface area contributed by atoms with Crippen LogP contribution in [0.5, 0.6) is 0 Å². The van der Waals surface area contributed by atoms with Crippen LogP contribution in [-0.2, 0) is 0 Å². The zero-order valence-electron chi connectivity index (χ0n) is 6.77. The first-order chi connectivity index (χ1) is 5.66. The quantitative estimate of drug-likeness (QED) is 0.499. The number of hydrogen-bond acceptors (Lipinski definition) is 4. The molecule has 0 spiro atoms. The molecule has 0 saturated carbocycles. The maximum absolute atomic E-state index is 10.5. The van der Waals surface area contributed by atoms with Gasteiger partial charge in [-0.05, 0) is 19.9 Å². The van der Waals surface area contributed by atoms with Crippen molar-refractivity contribution >= 4 is 11.8 Å². The van der Waals surface area contributed by atoms with Crippen LogP contribution in [0.15, 0.2) is 10.6 Å². The van der Waals surface area contributed by atoms with Gasteiger partial charge >= 0.3 is 5.69 Å². The molecule has 0 aliphatic heterocycles. The predicted octanol–water partition coefficient (Wildman–Crippen LogP) is 1.92. The maximum atomic E-state index is 10.5. The summed E-state index contributed by atoms with van der Waals surface area (Å²) in [5.41, 5.74) is 0.237. The number of nitrogens with zero attached hydrogens (tertiary/aromatic N) is 2. The molecule has 0 unspecified atom stereocenters. The van der Waals surface area contributed by atoms with E-state index >= 15 is 0 Å². The SMILES string of the molecule is C/C=C/c1onc(C)c1[N+](=O)[O-]. The number of allylic oxidation sites excluding steroid dienone is 1. The van der Waals surface area contributed by atoms with Crippen LogP contribution < -0.4 is 0 Å². The Bertz CT molecular complexity index is 327. The van der Waals surface area contributed by atoms with Gasteiger partial charge in [-0.1, -0.05) is 11.2 Å². The molecule has 0 fully saturated rings. The van der Waals surface area contributed by atoms with Crippen molar-refractivity contribution in [1.82, 2.24) is 5.16 Å². The lowest BCUT2D eigenvalue weighted by molar-refractivity contribution is -0.386. The third-order valence-electron chi connectivity index (χ3n) is 1.36. The Morgan fingerprint density at radius 1 is 1.67 bits per heavy atom. The fraction of sp³-hybridized carbons (Fsp3) is 0.286. The van der Waals surface area contributed by atoms with E-state index in [1.54, 1.807) is 13.0 Å². The Labute approximate surface area is 68.8 Å². The summed E-state index contributed by atoms with van der Waals surface area (Å²) < 4.78 is 4.72. The zero-order valence-corrected chi connectivity index (χ0v) is 6.77. The van der Waals surface area contributed by atoms with E-state index in [1.165, 1.54) is 13.0 Å². The highest BCUT2D eigenvalue weighted by molar-refractivity contribution is 5.56. The molecule has 0 N–H and O–H groups in total. The van der Waals surface area contributed by atoms with Crippen molar-refractivity contribution in [2.24, 2.45) is 0 Å². The molecular formula is C7H8N2O3. The van der Waals surface area contributed by atoms with Crippen LogP contribution in [0.1, 0.15) is 18.4 Å². The first kappa shape index (κ1) is 8.45. The van der Waals surface area contributed by atoms with Crippen LogP contribution in [0.3, 0.4) is 0 Å². The summed E-state index contributed by atoms with van der Waals surface area (Å²) in [5.74, 6) is 0.194. The van der Waals surface area contributed by atoms with Gasteiger partial charge in [-0.2, -0.15) is 0 Å². The summed E-state index contributed by atoms with van der Waals surface area (Å²) in [5, 5.41) is 13.9. The van der Waals surface area contributed by atoms with Crippen LogP contribution >= 0.6 is 0 Å². The molecule has 0 amide bonds. The molecule has 1 rings (SSSR count). The molecule has 64 valence electrons.